The molecule has 1 atom stereocenters. The van der Waals surface area contributed by atoms with Crippen molar-refractivity contribution in [3.8, 4) is 10.8 Å². The molecule has 0 spiro atoms. The first-order chi connectivity index (χ1) is 6.81. The molecule has 2 aliphatic carbocycles. The van der Waals surface area contributed by atoms with Crippen LogP contribution in [-0.2, 0) is 4.79 Å². The van der Waals surface area contributed by atoms with Gasteiger partial charge in [-0.15, -0.1) is 0 Å². The molecular weight excluding hydrogens is 242 g/mol. The van der Waals surface area contributed by atoms with Crippen LogP contribution in [0, 0.1) is 22.6 Å². The Balaban J connectivity index is 1.88. The van der Waals surface area contributed by atoms with Crippen LogP contribution in [0.4, 0.5) is 0 Å². The molecule has 0 radical (unpaired) electrons. The van der Waals surface area contributed by atoms with Crippen molar-refractivity contribution in [2.24, 2.45) is 11.8 Å². The molecule has 2 rings (SSSR count). The fraction of sp³-hybridized carbons (Fsp3) is 0.727. The van der Waals surface area contributed by atoms with Crippen LogP contribution in [-0.4, -0.2) is 11.9 Å². The van der Waals surface area contributed by atoms with Gasteiger partial charge in [0, 0.05) is 27.9 Å². The first kappa shape index (κ1) is 10.0. The third-order valence-corrected chi connectivity index (χ3v) is 3.44. The Morgan fingerprint density at radius 3 is 2.36 bits per heavy atom. The predicted octanol–water partition coefficient (Wildman–Crippen LogP) is 2.04. The number of rotatable bonds is 3. The van der Waals surface area contributed by atoms with Gasteiger partial charge >= 0.3 is 0 Å². The van der Waals surface area contributed by atoms with Crippen molar-refractivity contribution in [3.05, 3.63) is 0 Å². The van der Waals surface area contributed by atoms with Crippen molar-refractivity contribution >= 4 is 21.8 Å². The average Bonchev–Trinajstić information content (AvgIpc) is 2.82. The highest BCUT2D eigenvalue weighted by molar-refractivity contribution is 9.12. The monoisotopic (exact) mass is 255 g/mol. The highest BCUT2D eigenvalue weighted by Crippen LogP contribution is 2.42. The normalized spacial score (nSPS) is 22.9. The van der Waals surface area contributed by atoms with Crippen LogP contribution in [0.15, 0.2) is 0 Å². The molecular formula is C11H14BrNO. The van der Waals surface area contributed by atoms with E-state index in [2.05, 4.69) is 32.0 Å². The number of hydrogen-bond acceptors (Lipinski definition) is 1. The van der Waals surface area contributed by atoms with Crippen molar-refractivity contribution in [1.29, 1.82) is 0 Å². The quantitative estimate of drug-likeness (QED) is 0.769. The van der Waals surface area contributed by atoms with Crippen molar-refractivity contribution in [1.82, 2.24) is 5.32 Å². The van der Waals surface area contributed by atoms with E-state index in [-0.39, 0.29) is 5.91 Å². The van der Waals surface area contributed by atoms with E-state index in [4.69, 9.17) is 0 Å². The Kier molecular flexibility index (Phi) is 3.12. The van der Waals surface area contributed by atoms with Crippen LogP contribution in [0.25, 0.3) is 0 Å². The Bertz CT molecular complexity index is 283. The van der Waals surface area contributed by atoms with Crippen LogP contribution >= 0.6 is 15.9 Å². The average molecular weight is 256 g/mol. The zero-order valence-corrected chi connectivity index (χ0v) is 9.64. The van der Waals surface area contributed by atoms with E-state index >= 15 is 0 Å². The van der Waals surface area contributed by atoms with Gasteiger partial charge in [-0.05, 0) is 42.3 Å². The lowest BCUT2D eigenvalue weighted by molar-refractivity contribution is -0.117. The fourth-order valence-corrected chi connectivity index (χ4v) is 2.29. The first-order valence-electron chi connectivity index (χ1n) is 5.23. The Morgan fingerprint density at radius 2 is 1.93 bits per heavy atom. The van der Waals surface area contributed by atoms with E-state index in [1.165, 1.54) is 32.1 Å². The summed E-state index contributed by atoms with van der Waals surface area (Å²) >= 11 is 2.94. The van der Waals surface area contributed by atoms with Gasteiger partial charge in [-0.3, -0.25) is 4.79 Å². The molecule has 14 heavy (non-hydrogen) atoms. The Hall–Kier alpha value is -0.490. The Labute approximate surface area is 93.0 Å². The van der Waals surface area contributed by atoms with E-state index in [9.17, 15) is 4.79 Å². The summed E-state index contributed by atoms with van der Waals surface area (Å²) in [6.07, 6.45) is 6.45. The van der Waals surface area contributed by atoms with Gasteiger partial charge in [-0.1, -0.05) is 6.42 Å². The third kappa shape index (κ3) is 2.30. The molecule has 0 saturated heterocycles. The van der Waals surface area contributed by atoms with E-state index < -0.39 is 0 Å². The number of hydrogen-bond donors (Lipinski definition) is 1. The van der Waals surface area contributed by atoms with Crippen molar-refractivity contribution in [2.45, 2.75) is 38.1 Å². The minimum absolute atomic E-state index is 0.134. The molecule has 1 unspecified atom stereocenters. The molecule has 2 saturated carbocycles. The topological polar surface area (TPSA) is 29.1 Å². The number of nitrogens with one attached hydrogen (secondary N) is 1. The maximum absolute atomic E-state index is 11.3. The summed E-state index contributed by atoms with van der Waals surface area (Å²) in [4.78, 5) is 13.8. The summed E-state index contributed by atoms with van der Waals surface area (Å²) in [5.74, 6) is 3.81. The molecule has 0 aliphatic heterocycles. The molecule has 3 heteroatoms. The third-order valence-electron chi connectivity index (χ3n) is 3.25. The fourth-order valence-electron chi connectivity index (χ4n) is 2.11. The first-order valence-corrected chi connectivity index (χ1v) is 6.02. The molecule has 0 heterocycles. The lowest BCUT2D eigenvalue weighted by atomic mass is 9.78. The van der Waals surface area contributed by atoms with Gasteiger partial charge in [0.25, 0.3) is 5.91 Å². The maximum atomic E-state index is 11.3. The van der Waals surface area contributed by atoms with Crippen molar-refractivity contribution in [2.75, 3.05) is 0 Å². The molecule has 0 aromatic rings. The molecule has 0 aromatic heterocycles. The minimum Gasteiger partial charge on any atom is -0.342 e. The highest BCUT2D eigenvalue weighted by atomic mass is 79.9. The van der Waals surface area contributed by atoms with Gasteiger partial charge in [-0.2, -0.15) is 0 Å². The second-order valence-electron chi connectivity index (χ2n) is 4.25. The second-order valence-corrected chi connectivity index (χ2v) is 4.64. The zero-order chi connectivity index (χ0) is 9.97. The largest absolute Gasteiger partial charge is 0.342 e. The zero-order valence-electron chi connectivity index (χ0n) is 8.05. The number of amides is 1. The number of carbonyl (C=O) groups is 1. The summed E-state index contributed by atoms with van der Waals surface area (Å²) < 4.78 is 0. The van der Waals surface area contributed by atoms with Crippen molar-refractivity contribution < 1.29 is 4.79 Å². The molecule has 2 nitrogen and oxygen atoms in total. The van der Waals surface area contributed by atoms with E-state index in [0.29, 0.717) is 6.04 Å². The van der Waals surface area contributed by atoms with Crippen LogP contribution in [0.3, 0.4) is 0 Å². The smallest absolute Gasteiger partial charge is 0.296 e. The summed E-state index contributed by atoms with van der Waals surface area (Å²) in [7, 11) is 0. The van der Waals surface area contributed by atoms with Crippen LogP contribution in [0.2, 0.25) is 0 Å². The van der Waals surface area contributed by atoms with Gasteiger partial charge < -0.3 is 5.32 Å². The van der Waals surface area contributed by atoms with Gasteiger partial charge in [0.15, 0.2) is 0 Å². The standard InChI is InChI=1S/C11H14BrNO/c12-7-6-10(14)13-11(9-4-5-9)8-2-1-3-8/h8-9,11H,1-5H2,(H,13,14). The molecule has 1 amide bonds. The van der Waals surface area contributed by atoms with E-state index in [1.807, 2.05) is 0 Å². The molecule has 0 aromatic carbocycles. The van der Waals surface area contributed by atoms with E-state index in [0.717, 1.165) is 11.8 Å². The summed E-state index contributed by atoms with van der Waals surface area (Å²) in [6, 6.07) is 0.407. The molecule has 2 fully saturated rings. The van der Waals surface area contributed by atoms with Crippen LogP contribution < -0.4 is 5.32 Å². The number of halogens is 1. The second kappa shape index (κ2) is 4.35. The highest BCUT2D eigenvalue weighted by Gasteiger charge is 2.39. The Morgan fingerprint density at radius 1 is 1.29 bits per heavy atom. The molecule has 2 aliphatic rings. The summed E-state index contributed by atoms with van der Waals surface area (Å²) in [5.41, 5.74) is 0. The van der Waals surface area contributed by atoms with Crippen LogP contribution in [0.5, 0.6) is 0 Å². The van der Waals surface area contributed by atoms with Crippen molar-refractivity contribution in [3.63, 3.8) is 0 Å². The van der Waals surface area contributed by atoms with Gasteiger partial charge in [0.05, 0.1) is 0 Å². The minimum atomic E-state index is -0.134. The SMILES string of the molecule is O=C(C#CBr)NC(C1CCC1)C1CC1. The molecule has 0 bridgehead atoms. The molecule has 1 N–H and O–H groups in total. The maximum Gasteiger partial charge on any atom is 0.296 e. The van der Waals surface area contributed by atoms with Crippen LogP contribution in [0.1, 0.15) is 32.1 Å². The summed E-state index contributed by atoms with van der Waals surface area (Å²) in [6.45, 7) is 0. The van der Waals surface area contributed by atoms with Gasteiger partial charge in [0.2, 0.25) is 0 Å². The molecule has 76 valence electrons. The summed E-state index contributed by atoms with van der Waals surface area (Å²) in [5, 5.41) is 3.04. The lowest BCUT2D eigenvalue weighted by Gasteiger charge is -2.34. The predicted molar refractivity (Wildman–Crippen MR) is 58.7 cm³/mol. The van der Waals surface area contributed by atoms with Gasteiger partial charge in [0.1, 0.15) is 0 Å². The number of carbonyl (C=O) groups excluding carboxylic acids is 1. The lowest BCUT2D eigenvalue weighted by Crippen LogP contribution is -2.43. The van der Waals surface area contributed by atoms with E-state index in [1.54, 1.807) is 0 Å². The van der Waals surface area contributed by atoms with Gasteiger partial charge in [-0.25, -0.2) is 0 Å².